The lowest BCUT2D eigenvalue weighted by atomic mass is 9.73. The fraction of sp³-hybridized carbons (Fsp3) is 0.690. The van der Waals surface area contributed by atoms with E-state index in [1.165, 1.54) is 25.7 Å². The number of nitrogens with zero attached hydrogens (tertiary/aromatic N) is 1. The molecule has 0 aromatic heterocycles. The summed E-state index contributed by atoms with van der Waals surface area (Å²) in [7, 11) is 0. The quantitative estimate of drug-likeness (QED) is 0.620. The number of nitrogens with one attached hydrogen (secondary N) is 2. The van der Waals surface area contributed by atoms with Crippen LogP contribution in [-0.4, -0.2) is 55.4 Å². The van der Waals surface area contributed by atoms with E-state index in [1.54, 1.807) is 0 Å². The normalized spacial score (nSPS) is 28.9. The van der Waals surface area contributed by atoms with Gasteiger partial charge in [0.1, 0.15) is 5.75 Å². The van der Waals surface area contributed by atoms with E-state index in [9.17, 15) is 14.4 Å². The second-order valence-corrected chi connectivity index (χ2v) is 11.4. The van der Waals surface area contributed by atoms with Gasteiger partial charge in [-0.05, 0) is 81.4 Å². The van der Waals surface area contributed by atoms with Gasteiger partial charge in [0, 0.05) is 32.1 Å². The number of benzene rings is 1. The molecule has 3 fully saturated rings. The molecule has 1 spiro atoms. The fourth-order valence-corrected chi connectivity index (χ4v) is 6.78. The average molecular weight is 496 g/mol. The van der Waals surface area contributed by atoms with Crippen LogP contribution in [0.15, 0.2) is 18.2 Å². The number of carbonyl (C=O) groups excluding carboxylic acids is 3. The molecule has 2 heterocycles. The number of rotatable bonds is 1. The van der Waals surface area contributed by atoms with Crippen molar-refractivity contribution < 1.29 is 19.1 Å². The van der Waals surface area contributed by atoms with Crippen LogP contribution in [0.4, 0.5) is 0 Å². The Morgan fingerprint density at radius 2 is 1.67 bits per heavy atom. The highest BCUT2D eigenvalue weighted by molar-refractivity contribution is 5.97. The Kier molecular flexibility index (Phi) is 7.54. The van der Waals surface area contributed by atoms with Gasteiger partial charge in [0.15, 0.2) is 0 Å². The molecule has 2 aliphatic heterocycles. The maximum Gasteiger partial charge on any atom is 0.255 e. The van der Waals surface area contributed by atoms with Crippen molar-refractivity contribution in [3.05, 3.63) is 29.3 Å². The summed E-state index contributed by atoms with van der Waals surface area (Å²) in [5.41, 5.74) is 1.17. The van der Waals surface area contributed by atoms with Gasteiger partial charge in [-0.2, -0.15) is 0 Å². The first-order valence-corrected chi connectivity index (χ1v) is 14.1. The Bertz CT molecular complexity index is 973. The standard InChI is InChI=1S/C29H41N3O4/c1-20-9-10-23-24(19-20)36-18-6-15-31-28(35)29(11-4-5-14-30-26(23)33)12-16-32(17-13-29)27(34)25-21-7-2-3-8-22(21)25/h9-10,19,21-22,25H,2-8,11-18H2,1H3,(H,30,33)(H,31,35). The predicted molar refractivity (Wildman–Crippen MR) is 138 cm³/mol. The van der Waals surface area contributed by atoms with Gasteiger partial charge in [-0.15, -0.1) is 0 Å². The van der Waals surface area contributed by atoms with Crippen molar-refractivity contribution in [1.82, 2.24) is 15.5 Å². The fourth-order valence-electron chi connectivity index (χ4n) is 6.78. The molecule has 2 N–H and O–H groups in total. The molecule has 2 aliphatic carbocycles. The Morgan fingerprint density at radius 1 is 0.944 bits per heavy atom. The topological polar surface area (TPSA) is 87.7 Å². The summed E-state index contributed by atoms with van der Waals surface area (Å²) in [5, 5.41) is 6.20. The third kappa shape index (κ3) is 5.25. The van der Waals surface area contributed by atoms with E-state index in [2.05, 4.69) is 10.6 Å². The maximum absolute atomic E-state index is 13.4. The largest absolute Gasteiger partial charge is 0.493 e. The molecule has 1 aromatic rings. The number of fused-ring (bicyclic) bond motifs is 2. The van der Waals surface area contributed by atoms with Crippen molar-refractivity contribution in [1.29, 1.82) is 0 Å². The van der Waals surface area contributed by atoms with E-state index in [4.69, 9.17) is 4.74 Å². The van der Waals surface area contributed by atoms with Crippen LogP contribution in [0.2, 0.25) is 0 Å². The van der Waals surface area contributed by atoms with Gasteiger partial charge in [0.2, 0.25) is 11.8 Å². The summed E-state index contributed by atoms with van der Waals surface area (Å²) in [6, 6.07) is 5.64. The molecule has 4 aliphatic rings. The molecule has 2 atom stereocenters. The molecule has 0 bridgehead atoms. The Hall–Kier alpha value is -2.57. The Balaban J connectivity index is 1.20. The molecule has 196 valence electrons. The molecular weight excluding hydrogens is 454 g/mol. The Morgan fingerprint density at radius 3 is 2.42 bits per heavy atom. The van der Waals surface area contributed by atoms with E-state index < -0.39 is 5.41 Å². The van der Waals surface area contributed by atoms with E-state index in [0.29, 0.717) is 68.3 Å². The molecule has 0 radical (unpaired) electrons. The molecule has 3 amide bonds. The van der Waals surface area contributed by atoms with Crippen molar-refractivity contribution in [3.63, 3.8) is 0 Å². The first-order valence-electron chi connectivity index (χ1n) is 14.1. The Labute approximate surface area is 214 Å². The third-order valence-corrected chi connectivity index (χ3v) is 9.07. The molecular formula is C29H41N3O4. The van der Waals surface area contributed by atoms with Gasteiger partial charge in [0.25, 0.3) is 5.91 Å². The van der Waals surface area contributed by atoms with Crippen LogP contribution in [0, 0.1) is 30.1 Å². The zero-order valence-electron chi connectivity index (χ0n) is 21.7. The summed E-state index contributed by atoms with van der Waals surface area (Å²) in [6.07, 6.45) is 9.56. The van der Waals surface area contributed by atoms with Crippen molar-refractivity contribution in [2.75, 3.05) is 32.8 Å². The van der Waals surface area contributed by atoms with Crippen LogP contribution < -0.4 is 15.4 Å². The number of carbonyl (C=O) groups is 3. The summed E-state index contributed by atoms with van der Waals surface area (Å²) in [5.74, 6) is 2.43. The number of piperidine rings is 1. The summed E-state index contributed by atoms with van der Waals surface area (Å²) in [4.78, 5) is 41.4. The number of hydrogen-bond acceptors (Lipinski definition) is 4. The molecule has 7 heteroatoms. The van der Waals surface area contributed by atoms with Crippen LogP contribution in [-0.2, 0) is 9.59 Å². The van der Waals surface area contributed by atoms with Crippen molar-refractivity contribution in [3.8, 4) is 5.75 Å². The van der Waals surface area contributed by atoms with Crippen molar-refractivity contribution in [2.45, 2.75) is 71.1 Å². The highest BCUT2D eigenvalue weighted by atomic mass is 16.5. The monoisotopic (exact) mass is 495 g/mol. The molecule has 36 heavy (non-hydrogen) atoms. The predicted octanol–water partition coefficient (Wildman–Crippen LogP) is 3.84. The lowest BCUT2D eigenvalue weighted by Crippen LogP contribution is -2.51. The SMILES string of the molecule is Cc1ccc2c(c1)OCCCNC(=O)C1(CCCCNC2=O)CCN(C(=O)C2C3CCCCC32)CC1. The molecule has 1 saturated heterocycles. The number of aryl methyl sites for hydroxylation is 1. The number of likely N-dealkylation sites (tertiary alicyclic amines) is 1. The highest BCUT2D eigenvalue weighted by Crippen LogP contribution is 2.56. The first-order chi connectivity index (χ1) is 17.5. The van der Waals surface area contributed by atoms with Crippen molar-refractivity contribution in [2.24, 2.45) is 23.2 Å². The van der Waals surface area contributed by atoms with Crippen LogP contribution in [0.5, 0.6) is 5.75 Å². The second-order valence-electron chi connectivity index (χ2n) is 11.4. The van der Waals surface area contributed by atoms with Gasteiger partial charge in [-0.1, -0.05) is 25.3 Å². The zero-order valence-corrected chi connectivity index (χ0v) is 21.7. The van der Waals surface area contributed by atoms with Crippen LogP contribution in [0.25, 0.3) is 0 Å². The van der Waals surface area contributed by atoms with Crippen LogP contribution in [0.3, 0.4) is 0 Å². The minimum Gasteiger partial charge on any atom is -0.493 e. The lowest BCUT2D eigenvalue weighted by molar-refractivity contribution is -0.142. The molecule has 5 rings (SSSR count). The molecule has 1 aromatic carbocycles. The summed E-state index contributed by atoms with van der Waals surface area (Å²) < 4.78 is 5.94. The zero-order chi connectivity index (χ0) is 25.1. The van der Waals surface area contributed by atoms with E-state index in [1.807, 2.05) is 30.0 Å². The van der Waals surface area contributed by atoms with Gasteiger partial charge in [-0.3, -0.25) is 14.4 Å². The summed E-state index contributed by atoms with van der Waals surface area (Å²) >= 11 is 0. The minimum atomic E-state index is -0.432. The second kappa shape index (κ2) is 10.8. The number of hydrogen-bond donors (Lipinski definition) is 2. The van der Waals surface area contributed by atoms with Crippen LogP contribution in [0.1, 0.15) is 80.1 Å². The minimum absolute atomic E-state index is 0.115. The molecule has 7 nitrogen and oxygen atoms in total. The molecule has 2 unspecified atom stereocenters. The lowest BCUT2D eigenvalue weighted by Gasteiger charge is -2.41. The maximum atomic E-state index is 13.4. The smallest absolute Gasteiger partial charge is 0.255 e. The summed E-state index contributed by atoms with van der Waals surface area (Å²) in [6.45, 7) is 4.88. The van der Waals surface area contributed by atoms with E-state index in [-0.39, 0.29) is 17.7 Å². The van der Waals surface area contributed by atoms with E-state index in [0.717, 1.165) is 37.7 Å². The number of ether oxygens (including phenoxy) is 1. The molecule has 2 saturated carbocycles. The third-order valence-electron chi connectivity index (χ3n) is 9.07. The number of amides is 3. The highest BCUT2D eigenvalue weighted by Gasteiger charge is 2.56. The average Bonchev–Trinajstić information content (AvgIpc) is 3.62. The van der Waals surface area contributed by atoms with E-state index >= 15 is 0 Å². The van der Waals surface area contributed by atoms with Gasteiger partial charge in [0.05, 0.1) is 17.6 Å². The first kappa shape index (κ1) is 25.1. The van der Waals surface area contributed by atoms with Gasteiger partial charge in [-0.25, -0.2) is 0 Å². The van der Waals surface area contributed by atoms with Gasteiger partial charge < -0.3 is 20.3 Å². The van der Waals surface area contributed by atoms with Crippen LogP contribution >= 0.6 is 0 Å². The van der Waals surface area contributed by atoms with Gasteiger partial charge >= 0.3 is 0 Å². The van der Waals surface area contributed by atoms with Crippen molar-refractivity contribution >= 4 is 17.7 Å².